The quantitative estimate of drug-likeness (QED) is 0.731. The predicted molar refractivity (Wildman–Crippen MR) is 46.3 cm³/mol. The molecular weight excluding hydrogens is 166 g/mol. The average Bonchev–Trinajstić information content (AvgIpc) is 2.70. The lowest BCUT2D eigenvalue weighted by Gasteiger charge is -2.08. The molecule has 0 saturated heterocycles. The minimum atomic E-state index is 0.139. The molecule has 13 heavy (non-hydrogen) atoms. The van der Waals surface area contributed by atoms with Gasteiger partial charge in [0.15, 0.2) is 5.82 Å². The van der Waals surface area contributed by atoms with E-state index in [4.69, 9.17) is 11.0 Å². The second kappa shape index (κ2) is 2.73. The van der Waals surface area contributed by atoms with E-state index in [9.17, 15) is 0 Å². The summed E-state index contributed by atoms with van der Waals surface area (Å²) in [7, 11) is 0. The van der Waals surface area contributed by atoms with Crippen molar-refractivity contribution in [2.24, 2.45) is 5.41 Å². The van der Waals surface area contributed by atoms with E-state index in [-0.39, 0.29) is 5.41 Å². The van der Waals surface area contributed by atoms with Gasteiger partial charge in [-0.25, -0.2) is 0 Å². The maximum atomic E-state index is 8.60. The van der Waals surface area contributed by atoms with Gasteiger partial charge >= 0.3 is 0 Å². The van der Waals surface area contributed by atoms with Crippen LogP contribution < -0.4 is 5.73 Å². The first-order valence-electron chi connectivity index (χ1n) is 4.27. The molecule has 1 fully saturated rings. The third-order valence-electron chi connectivity index (χ3n) is 2.44. The smallest absolute Gasteiger partial charge is 0.165 e. The van der Waals surface area contributed by atoms with Crippen LogP contribution in [0.2, 0.25) is 0 Å². The van der Waals surface area contributed by atoms with Crippen molar-refractivity contribution >= 4 is 5.82 Å². The molecule has 1 aliphatic carbocycles. The van der Waals surface area contributed by atoms with Gasteiger partial charge in [0.25, 0.3) is 0 Å². The number of aromatic nitrogens is 3. The van der Waals surface area contributed by atoms with Crippen LogP contribution in [0, 0.1) is 16.7 Å². The maximum Gasteiger partial charge on any atom is 0.165 e. The van der Waals surface area contributed by atoms with Gasteiger partial charge in [0, 0.05) is 11.8 Å². The first-order valence-corrected chi connectivity index (χ1v) is 4.27. The van der Waals surface area contributed by atoms with Crippen LogP contribution in [0.3, 0.4) is 0 Å². The lowest BCUT2D eigenvalue weighted by atomic mass is 10.0. The maximum absolute atomic E-state index is 8.60. The zero-order chi connectivity index (χ0) is 9.31. The molecule has 0 spiro atoms. The van der Waals surface area contributed by atoms with E-state index in [1.165, 1.54) is 6.20 Å². The average molecular weight is 177 g/mol. The third-order valence-corrected chi connectivity index (χ3v) is 2.44. The number of nitriles is 1. The lowest BCUT2D eigenvalue weighted by Crippen LogP contribution is -2.13. The molecule has 1 aromatic heterocycles. The van der Waals surface area contributed by atoms with Crippen LogP contribution in [0.15, 0.2) is 6.20 Å². The van der Waals surface area contributed by atoms with Crippen LogP contribution in [0.4, 0.5) is 5.82 Å². The molecule has 1 heterocycles. The van der Waals surface area contributed by atoms with E-state index in [0.29, 0.717) is 12.2 Å². The van der Waals surface area contributed by atoms with Crippen molar-refractivity contribution in [3.8, 4) is 6.07 Å². The molecule has 0 unspecified atom stereocenters. The Kier molecular flexibility index (Phi) is 1.69. The Balaban J connectivity index is 2.02. The van der Waals surface area contributed by atoms with Gasteiger partial charge < -0.3 is 5.73 Å². The molecule has 0 aromatic carbocycles. The molecule has 0 aliphatic heterocycles. The lowest BCUT2D eigenvalue weighted by molar-refractivity contribution is 0.373. The molecule has 2 rings (SSSR count). The van der Waals surface area contributed by atoms with Crippen molar-refractivity contribution in [2.75, 3.05) is 5.73 Å². The fraction of sp³-hybridized carbons (Fsp3) is 0.625. The minimum absolute atomic E-state index is 0.139. The highest BCUT2D eigenvalue weighted by Gasteiger charge is 2.43. The molecule has 1 aromatic rings. The van der Waals surface area contributed by atoms with Gasteiger partial charge in [-0.2, -0.15) is 15.2 Å². The summed E-state index contributed by atoms with van der Waals surface area (Å²) in [6.07, 6.45) is 4.32. The van der Waals surface area contributed by atoms with E-state index >= 15 is 0 Å². The van der Waals surface area contributed by atoms with Crippen LogP contribution in [0.25, 0.3) is 0 Å². The standard InChI is InChI=1S/C8H11N5/c9-4-3-8(1-2-8)6-13-11-5-7(10)12-13/h5H,1-3,6H2,(H2,10,12). The van der Waals surface area contributed by atoms with Crippen molar-refractivity contribution in [2.45, 2.75) is 25.8 Å². The number of nitrogen functional groups attached to an aromatic ring is 1. The first-order chi connectivity index (χ1) is 6.24. The van der Waals surface area contributed by atoms with Gasteiger partial charge in [0.05, 0.1) is 18.8 Å². The molecular formula is C8H11N5. The highest BCUT2D eigenvalue weighted by molar-refractivity contribution is 5.19. The topological polar surface area (TPSA) is 80.5 Å². The summed E-state index contributed by atoms with van der Waals surface area (Å²) in [5.41, 5.74) is 5.57. The summed E-state index contributed by atoms with van der Waals surface area (Å²) in [6, 6.07) is 2.20. The summed E-state index contributed by atoms with van der Waals surface area (Å²) >= 11 is 0. The van der Waals surface area contributed by atoms with Crippen molar-refractivity contribution < 1.29 is 0 Å². The Bertz CT molecular complexity index is 344. The normalized spacial score (nSPS) is 18.1. The molecule has 2 N–H and O–H groups in total. The highest BCUT2D eigenvalue weighted by atomic mass is 15.5. The zero-order valence-electron chi connectivity index (χ0n) is 7.27. The van der Waals surface area contributed by atoms with Gasteiger partial charge in [0.2, 0.25) is 0 Å². The number of hydrogen-bond acceptors (Lipinski definition) is 4. The van der Waals surface area contributed by atoms with Crippen LogP contribution >= 0.6 is 0 Å². The monoisotopic (exact) mass is 177 g/mol. The van der Waals surface area contributed by atoms with Crippen LogP contribution in [0.5, 0.6) is 0 Å². The summed E-state index contributed by atoms with van der Waals surface area (Å²) in [5.74, 6) is 0.438. The molecule has 68 valence electrons. The molecule has 5 nitrogen and oxygen atoms in total. The Labute approximate surface area is 76.1 Å². The predicted octanol–water partition coefficient (Wildman–Crippen LogP) is 0.554. The summed E-state index contributed by atoms with van der Waals surface area (Å²) in [5, 5.41) is 16.6. The number of nitrogens with zero attached hydrogens (tertiary/aromatic N) is 4. The summed E-state index contributed by atoms with van der Waals surface area (Å²) in [4.78, 5) is 1.58. The molecule has 1 saturated carbocycles. The largest absolute Gasteiger partial charge is 0.381 e. The summed E-state index contributed by atoms with van der Waals surface area (Å²) in [6.45, 7) is 0.720. The van der Waals surface area contributed by atoms with Crippen molar-refractivity contribution in [1.29, 1.82) is 5.26 Å². The van der Waals surface area contributed by atoms with Crippen LogP contribution in [0.1, 0.15) is 19.3 Å². The highest BCUT2D eigenvalue weighted by Crippen LogP contribution is 2.49. The fourth-order valence-corrected chi connectivity index (χ4v) is 1.42. The van der Waals surface area contributed by atoms with Crippen molar-refractivity contribution in [3.63, 3.8) is 0 Å². The summed E-state index contributed by atoms with van der Waals surface area (Å²) < 4.78 is 0. The molecule has 1 aliphatic rings. The minimum Gasteiger partial charge on any atom is -0.381 e. The molecule has 0 radical (unpaired) electrons. The zero-order valence-corrected chi connectivity index (χ0v) is 7.27. The Morgan fingerprint density at radius 1 is 1.69 bits per heavy atom. The van der Waals surface area contributed by atoms with E-state index in [2.05, 4.69) is 16.3 Å². The fourth-order valence-electron chi connectivity index (χ4n) is 1.42. The Hall–Kier alpha value is -1.57. The van der Waals surface area contributed by atoms with E-state index in [1.807, 2.05) is 0 Å². The third kappa shape index (κ3) is 1.61. The number of rotatable bonds is 3. The Morgan fingerprint density at radius 2 is 2.46 bits per heavy atom. The van der Waals surface area contributed by atoms with E-state index in [1.54, 1.807) is 4.80 Å². The van der Waals surface area contributed by atoms with Gasteiger partial charge in [0.1, 0.15) is 0 Å². The van der Waals surface area contributed by atoms with Crippen molar-refractivity contribution in [3.05, 3.63) is 6.20 Å². The SMILES string of the molecule is N#CCC1(Cn2ncc(N)n2)CC1. The molecule has 0 atom stereocenters. The number of nitrogens with two attached hydrogens (primary N) is 1. The second-order valence-electron chi connectivity index (χ2n) is 3.63. The number of anilines is 1. The van der Waals surface area contributed by atoms with Gasteiger partial charge in [-0.05, 0) is 12.8 Å². The van der Waals surface area contributed by atoms with Crippen molar-refractivity contribution in [1.82, 2.24) is 15.0 Å². The first kappa shape index (κ1) is 8.05. The van der Waals surface area contributed by atoms with Crippen LogP contribution in [-0.2, 0) is 6.54 Å². The molecule has 0 bridgehead atoms. The van der Waals surface area contributed by atoms with Crippen LogP contribution in [-0.4, -0.2) is 15.0 Å². The van der Waals surface area contributed by atoms with Gasteiger partial charge in [-0.15, -0.1) is 5.10 Å². The van der Waals surface area contributed by atoms with E-state index < -0.39 is 0 Å². The molecule has 0 amide bonds. The number of hydrogen-bond donors (Lipinski definition) is 1. The van der Waals surface area contributed by atoms with Gasteiger partial charge in [-0.3, -0.25) is 0 Å². The van der Waals surface area contributed by atoms with E-state index in [0.717, 1.165) is 19.4 Å². The van der Waals surface area contributed by atoms with Gasteiger partial charge in [-0.1, -0.05) is 0 Å². The Morgan fingerprint density at radius 3 is 2.92 bits per heavy atom. The second-order valence-corrected chi connectivity index (χ2v) is 3.63. The molecule has 5 heteroatoms.